The molecule has 1 aromatic carbocycles. The van der Waals surface area contributed by atoms with Crippen molar-refractivity contribution in [3.8, 4) is 0 Å². The summed E-state index contributed by atoms with van der Waals surface area (Å²) in [5, 5.41) is 0. The lowest BCUT2D eigenvalue weighted by molar-refractivity contribution is 0.580. The molecule has 1 aliphatic rings. The molecule has 0 radical (unpaired) electrons. The van der Waals surface area contributed by atoms with Crippen LogP contribution in [0.15, 0.2) is 53.6 Å². The van der Waals surface area contributed by atoms with E-state index in [2.05, 4.69) is 70.7 Å². The zero-order valence-corrected chi connectivity index (χ0v) is 13.9. The Morgan fingerprint density at radius 1 is 1.24 bits per heavy atom. The lowest BCUT2D eigenvalue weighted by atomic mass is 9.80. The minimum absolute atomic E-state index is 0.557. The molecule has 0 nitrogen and oxygen atoms in total. The highest BCUT2D eigenvalue weighted by Gasteiger charge is 2.19. The van der Waals surface area contributed by atoms with Gasteiger partial charge in [-0.3, -0.25) is 0 Å². The lowest BCUT2D eigenvalue weighted by Gasteiger charge is -2.25. The molecule has 0 amide bonds. The molecular formula is C21H28. The smallest absolute Gasteiger partial charge is 0.00481 e. The van der Waals surface area contributed by atoms with Crippen LogP contribution in [0.1, 0.15) is 64.0 Å². The van der Waals surface area contributed by atoms with E-state index in [9.17, 15) is 0 Å². The Labute approximate surface area is 130 Å². The van der Waals surface area contributed by atoms with Gasteiger partial charge in [0.15, 0.2) is 0 Å². The van der Waals surface area contributed by atoms with Gasteiger partial charge in [-0.25, -0.2) is 0 Å². The van der Waals surface area contributed by atoms with Gasteiger partial charge in [-0.1, -0.05) is 68.0 Å². The molecule has 0 spiro atoms. The molecule has 0 bridgehead atoms. The fraction of sp³-hybridized carbons (Fsp3) is 0.429. The molecule has 1 unspecified atom stereocenters. The van der Waals surface area contributed by atoms with Crippen molar-refractivity contribution in [2.75, 3.05) is 0 Å². The van der Waals surface area contributed by atoms with E-state index < -0.39 is 0 Å². The SMILES string of the molecule is C=C(C)/C(=C\c1ccc(C(C)C)cc1)C1CCCC=C1C. The molecule has 0 saturated heterocycles. The van der Waals surface area contributed by atoms with Crippen LogP contribution >= 0.6 is 0 Å². The van der Waals surface area contributed by atoms with Crippen LogP contribution in [0.2, 0.25) is 0 Å². The van der Waals surface area contributed by atoms with Crippen LogP contribution in [-0.4, -0.2) is 0 Å². The molecule has 0 fully saturated rings. The highest BCUT2D eigenvalue weighted by atomic mass is 14.2. The van der Waals surface area contributed by atoms with Gasteiger partial charge in [-0.15, -0.1) is 0 Å². The lowest BCUT2D eigenvalue weighted by Crippen LogP contribution is -2.10. The second-order valence-electron chi connectivity index (χ2n) is 6.63. The summed E-state index contributed by atoms with van der Waals surface area (Å²) in [7, 11) is 0. The third-order valence-electron chi connectivity index (χ3n) is 4.51. The van der Waals surface area contributed by atoms with Crippen LogP contribution < -0.4 is 0 Å². The summed E-state index contributed by atoms with van der Waals surface area (Å²) < 4.78 is 0. The first-order valence-electron chi connectivity index (χ1n) is 8.13. The summed E-state index contributed by atoms with van der Waals surface area (Å²) >= 11 is 0. The van der Waals surface area contributed by atoms with E-state index in [4.69, 9.17) is 0 Å². The standard InChI is InChI=1S/C21H28/c1-15(2)19-12-10-18(11-13-19)14-21(16(3)4)20-9-7-6-8-17(20)5/h8,10-15,20H,3,6-7,9H2,1-2,4-5H3/b21-14+. The number of hydrogen-bond donors (Lipinski definition) is 0. The Balaban J connectivity index is 2.31. The molecule has 0 heteroatoms. The number of rotatable bonds is 4. The fourth-order valence-corrected chi connectivity index (χ4v) is 3.10. The van der Waals surface area contributed by atoms with Gasteiger partial charge in [-0.05, 0) is 55.7 Å². The summed E-state index contributed by atoms with van der Waals surface area (Å²) in [5.74, 6) is 1.15. The third kappa shape index (κ3) is 3.97. The van der Waals surface area contributed by atoms with Gasteiger partial charge < -0.3 is 0 Å². The van der Waals surface area contributed by atoms with E-state index in [0.29, 0.717) is 11.8 Å². The summed E-state index contributed by atoms with van der Waals surface area (Å²) in [6.07, 6.45) is 8.51. The highest BCUT2D eigenvalue weighted by molar-refractivity contribution is 5.60. The highest BCUT2D eigenvalue weighted by Crippen LogP contribution is 2.35. The van der Waals surface area contributed by atoms with Crippen molar-refractivity contribution < 1.29 is 0 Å². The average Bonchev–Trinajstić information content (AvgIpc) is 2.46. The predicted octanol–water partition coefficient (Wildman–Crippen LogP) is 6.52. The Morgan fingerprint density at radius 2 is 1.90 bits per heavy atom. The largest absolute Gasteiger partial charge is 0.0958 e. The summed E-state index contributed by atoms with van der Waals surface area (Å²) in [6.45, 7) is 13.1. The quantitative estimate of drug-likeness (QED) is 0.435. The minimum atomic E-state index is 0.557. The van der Waals surface area contributed by atoms with Gasteiger partial charge in [-0.2, -0.15) is 0 Å². The van der Waals surface area contributed by atoms with Crippen LogP contribution in [-0.2, 0) is 0 Å². The van der Waals surface area contributed by atoms with Crippen molar-refractivity contribution in [3.63, 3.8) is 0 Å². The third-order valence-corrected chi connectivity index (χ3v) is 4.51. The zero-order chi connectivity index (χ0) is 15.4. The molecule has 0 heterocycles. The van der Waals surface area contributed by atoms with Gasteiger partial charge >= 0.3 is 0 Å². The topological polar surface area (TPSA) is 0 Å². The zero-order valence-electron chi connectivity index (χ0n) is 13.9. The van der Waals surface area contributed by atoms with Gasteiger partial charge in [0, 0.05) is 5.92 Å². The van der Waals surface area contributed by atoms with E-state index in [1.54, 1.807) is 0 Å². The van der Waals surface area contributed by atoms with E-state index in [0.717, 1.165) is 0 Å². The van der Waals surface area contributed by atoms with Gasteiger partial charge in [0.05, 0.1) is 0 Å². The first-order chi connectivity index (χ1) is 9.99. The maximum atomic E-state index is 4.21. The van der Waals surface area contributed by atoms with E-state index in [1.165, 1.54) is 47.1 Å². The predicted molar refractivity (Wildman–Crippen MR) is 94.4 cm³/mol. The molecule has 112 valence electrons. The van der Waals surface area contributed by atoms with Crippen molar-refractivity contribution in [3.05, 3.63) is 64.8 Å². The molecule has 0 saturated carbocycles. The minimum Gasteiger partial charge on any atom is -0.0958 e. The average molecular weight is 280 g/mol. The maximum Gasteiger partial charge on any atom is 0.00481 e. The number of benzene rings is 1. The van der Waals surface area contributed by atoms with Crippen LogP contribution in [0, 0.1) is 5.92 Å². The van der Waals surface area contributed by atoms with Crippen LogP contribution in [0.25, 0.3) is 6.08 Å². The van der Waals surface area contributed by atoms with Gasteiger partial charge in [0.2, 0.25) is 0 Å². The van der Waals surface area contributed by atoms with Crippen molar-refractivity contribution in [2.24, 2.45) is 5.92 Å². The van der Waals surface area contributed by atoms with Gasteiger partial charge in [0.1, 0.15) is 0 Å². The van der Waals surface area contributed by atoms with Crippen LogP contribution in [0.5, 0.6) is 0 Å². The normalized spacial score (nSPS) is 19.6. The molecule has 21 heavy (non-hydrogen) atoms. The van der Waals surface area contributed by atoms with E-state index in [1.807, 2.05) is 0 Å². The number of hydrogen-bond acceptors (Lipinski definition) is 0. The molecule has 0 aromatic heterocycles. The van der Waals surface area contributed by atoms with E-state index >= 15 is 0 Å². The van der Waals surface area contributed by atoms with Crippen LogP contribution in [0.4, 0.5) is 0 Å². The Bertz CT molecular complexity index is 552. The summed E-state index contributed by atoms with van der Waals surface area (Å²) in [5.41, 5.74) is 6.80. The maximum absolute atomic E-state index is 4.21. The molecule has 1 aromatic rings. The summed E-state index contributed by atoms with van der Waals surface area (Å²) in [6, 6.07) is 8.96. The van der Waals surface area contributed by atoms with E-state index in [-0.39, 0.29) is 0 Å². The monoisotopic (exact) mass is 280 g/mol. The van der Waals surface area contributed by atoms with Gasteiger partial charge in [0.25, 0.3) is 0 Å². The Hall–Kier alpha value is -1.56. The summed E-state index contributed by atoms with van der Waals surface area (Å²) in [4.78, 5) is 0. The number of allylic oxidation sites excluding steroid dienone is 4. The Kier molecular flexibility index (Phi) is 5.22. The fourth-order valence-electron chi connectivity index (χ4n) is 3.10. The second-order valence-corrected chi connectivity index (χ2v) is 6.63. The van der Waals surface area contributed by atoms with Crippen LogP contribution in [0.3, 0.4) is 0 Å². The van der Waals surface area contributed by atoms with Crippen molar-refractivity contribution >= 4 is 6.08 Å². The molecule has 1 aliphatic carbocycles. The first kappa shape index (κ1) is 15.8. The molecule has 2 rings (SSSR count). The molecule has 0 aliphatic heterocycles. The molecular weight excluding hydrogens is 252 g/mol. The van der Waals surface area contributed by atoms with Crippen molar-refractivity contribution in [1.82, 2.24) is 0 Å². The first-order valence-corrected chi connectivity index (χ1v) is 8.13. The molecule has 1 atom stereocenters. The van der Waals surface area contributed by atoms with Crippen molar-refractivity contribution in [1.29, 1.82) is 0 Å². The van der Waals surface area contributed by atoms with Crippen molar-refractivity contribution in [2.45, 2.75) is 52.9 Å². The second kappa shape index (κ2) is 6.93. The Morgan fingerprint density at radius 3 is 2.43 bits per heavy atom. The molecule has 0 N–H and O–H groups in total.